The summed E-state index contributed by atoms with van der Waals surface area (Å²) in [5.74, 6) is -0.131. The Labute approximate surface area is 174 Å². The average Bonchev–Trinajstić information content (AvgIpc) is 2.63. The van der Waals surface area contributed by atoms with Crippen LogP contribution in [0.4, 0.5) is 0 Å². The number of nitrogens with zero attached hydrogens (tertiary/aromatic N) is 1. The summed E-state index contributed by atoms with van der Waals surface area (Å²) in [5, 5.41) is 5.64. The molecule has 1 rings (SSSR count). The summed E-state index contributed by atoms with van der Waals surface area (Å²) in [6, 6.07) is -1.24. The summed E-state index contributed by atoms with van der Waals surface area (Å²) in [7, 11) is 0. The first-order valence-electron chi connectivity index (χ1n) is 9.95. The third-order valence-electron chi connectivity index (χ3n) is 4.78. The molecule has 0 spiro atoms. The third kappa shape index (κ3) is 10.5. The zero-order valence-corrected chi connectivity index (χ0v) is 17.8. The molecule has 0 aromatic carbocycles. The zero-order valence-electron chi connectivity index (χ0n) is 17.0. The van der Waals surface area contributed by atoms with Gasteiger partial charge in [0.25, 0.3) is 0 Å². The Bertz CT molecular complexity index is 518. The fraction of sp³-hybridized carbons (Fsp3) is 0.789. The van der Waals surface area contributed by atoms with E-state index in [1.54, 1.807) is 0 Å². The number of halogens is 1. The van der Waals surface area contributed by atoms with E-state index < -0.39 is 12.1 Å². The van der Waals surface area contributed by atoms with E-state index in [2.05, 4.69) is 15.6 Å². The van der Waals surface area contributed by atoms with Crippen LogP contribution in [0.1, 0.15) is 65.2 Å². The first-order valence-corrected chi connectivity index (χ1v) is 9.95. The Morgan fingerprint density at radius 2 is 1.79 bits per heavy atom. The van der Waals surface area contributed by atoms with Crippen LogP contribution in [-0.2, 0) is 14.4 Å². The molecule has 28 heavy (non-hydrogen) atoms. The number of nitrogens with one attached hydrogen (secondary N) is 2. The van der Waals surface area contributed by atoms with Crippen molar-refractivity contribution in [2.75, 3.05) is 6.54 Å². The number of rotatable bonds is 11. The molecule has 0 heterocycles. The second-order valence-corrected chi connectivity index (χ2v) is 7.73. The zero-order chi connectivity index (χ0) is 20.2. The van der Waals surface area contributed by atoms with Gasteiger partial charge in [-0.1, -0.05) is 33.1 Å². The van der Waals surface area contributed by atoms with Crippen LogP contribution in [0.15, 0.2) is 4.99 Å². The number of hydrogen-bond acceptors (Lipinski definition) is 4. The van der Waals surface area contributed by atoms with E-state index in [4.69, 9.17) is 11.5 Å². The second-order valence-electron chi connectivity index (χ2n) is 7.73. The number of aldehydes is 1. The number of aliphatic imine (C=N–C) groups is 1. The van der Waals surface area contributed by atoms with E-state index in [0.29, 0.717) is 32.1 Å². The quantitative estimate of drug-likeness (QED) is 0.173. The number of carbonyl (C=O) groups is 3. The lowest BCUT2D eigenvalue weighted by atomic mass is 9.88. The minimum atomic E-state index is -0.625. The summed E-state index contributed by atoms with van der Waals surface area (Å²) >= 11 is 0. The lowest BCUT2D eigenvalue weighted by Gasteiger charge is -2.26. The van der Waals surface area contributed by atoms with Gasteiger partial charge in [0, 0.05) is 12.5 Å². The van der Waals surface area contributed by atoms with E-state index >= 15 is 0 Å². The molecule has 8 nitrogen and oxygen atoms in total. The van der Waals surface area contributed by atoms with Gasteiger partial charge in [0.15, 0.2) is 5.96 Å². The molecule has 0 radical (unpaired) electrons. The second kappa shape index (κ2) is 14.2. The van der Waals surface area contributed by atoms with Crippen molar-refractivity contribution in [3.63, 3.8) is 0 Å². The highest BCUT2D eigenvalue weighted by molar-refractivity contribution is 5.89. The van der Waals surface area contributed by atoms with Gasteiger partial charge in [-0.05, 0) is 38.0 Å². The van der Waals surface area contributed by atoms with Gasteiger partial charge in [0.2, 0.25) is 11.8 Å². The lowest BCUT2D eigenvalue weighted by molar-refractivity contribution is -0.132. The van der Waals surface area contributed by atoms with Gasteiger partial charge in [-0.15, -0.1) is 12.4 Å². The van der Waals surface area contributed by atoms with Crippen molar-refractivity contribution in [1.29, 1.82) is 0 Å². The molecule has 1 aliphatic rings. The van der Waals surface area contributed by atoms with Crippen LogP contribution in [0, 0.1) is 11.8 Å². The molecule has 0 unspecified atom stereocenters. The molecule has 0 aliphatic heterocycles. The van der Waals surface area contributed by atoms with Crippen molar-refractivity contribution in [2.45, 2.75) is 77.3 Å². The topological polar surface area (TPSA) is 140 Å². The number of amides is 2. The first-order chi connectivity index (χ1) is 12.8. The van der Waals surface area contributed by atoms with Crippen LogP contribution in [0.2, 0.25) is 0 Å². The third-order valence-corrected chi connectivity index (χ3v) is 4.78. The Hall–Kier alpha value is -1.83. The predicted octanol–water partition coefficient (Wildman–Crippen LogP) is 1.26. The largest absolute Gasteiger partial charge is 0.370 e. The van der Waals surface area contributed by atoms with Gasteiger partial charge < -0.3 is 26.9 Å². The summed E-state index contributed by atoms with van der Waals surface area (Å²) < 4.78 is 0. The molecule has 0 aromatic heterocycles. The van der Waals surface area contributed by atoms with Gasteiger partial charge in [-0.2, -0.15) is 0 Å². The molecular weight excluding hydrogens is 382 g/mol. The summed E-state index contributed by atoms with van der Waals surface area (Å²) in [4.78, 5) is 40.3. The Balaban J connectivity index is 0.00000729. The SMILES string of the molecule is CC(C)C[C@H](NC(=O)C1CCCCC1)C(=O)N[C@H](C=O)CCCN=C(N)N.Cl. The summed E-state index contributed by atoms with van der Waals surface area (Å²) in [6.45, 7) is 4.40. The van der Waals surface area contributed by atoms with Crippen LogP contribution in [0.5, 0.6) is 0 Å². The van der Waals surface area contributed by atoms with E-state index in [9.17, 15) is 14.4 Å². The fourth-order valence-electron chi connectivity index (χ4n) is 3.33. The maximum atomic E-state index is 12.7. The van der Waals surface area contributed by atoms with Crippen LogP contribution in [0.25, 0.3) is 0 Å². The smallest absolute Gasteiger partial charge is 0.243 e. The molecular formula is C19H36ClN5O3. The first kappa shape index (κ1) is 26.2. The molecule has 162 valence electrons. The van der Waals surface area contributed by atoms with E-state index in [0.717, 1.165) is 25.7 Å². The van der Waals surface area contributed by atoms with Gasteiger partial charge in [-0.3, -0.25) is 14.6 Å². The van der Waals surface area contributed by atoms with Crippen LogP contribution in [0.3, 0.4) is 0 Å². The van der Waals surface area contributed by atoms with Crippen molar-refractivity contribution < 1.29 is 14.4 Å². The molecule has 0 aromatic rings. The molecule has 1 fully saturated rings. The monoisotopic (exact) mass is 417 g/mol. The minimum Gasteiger partial charge on any atom is -0.370 e. The molecule has 0 saturated heterocycles. The highest BCUT2D eigenvalue weighted by Gasteiger charge is 2.28. The Morgan fingerprint density at radius 1 is 1.14 bits per heavy atom. The van der Waals surface area contributed by atoms with Crippen LogP contribution in [-0.4, -0.2) is 42.7 Å². The van der Waals surface area contributed by atoms with Crippen LogP contribution >= 0.6 is 12.4 Å². The molecule has 1 saturated carbocycles. The number of carbonyl (C=O) groups excluding carboxylic acids is 3. The van der Waals surface area contributed by atoms with E-state index in [1.807, 2.05) is 13.8 Å². The highest BCUT2D eigenvalue weighted by Crippen LogP contribution is 2.24. The van der Waals surface area contributed by atoms with E-state index in [-0.39, 0.29) is 42.0 Å². The summed E-state index contributed by atoms with van der Waals surface area (Å²) in [6.07, 6.45) is 7.30. The van der Waals surface area contributed by atoms with Crippen molar-refractivity contribution in [1.82, 2.24) is 10.6 Å². The van der Waals surface area contributed by atoms with Crippen LogP contribution < -0.4 is 22.1 Å². The molecule has 2 amide bonds. The standard InChI is InChI=1S/C19H35N5O3.ClH/c1-13(2)11-16(24-17(26)14-7-4-3-5-8-14)18(27)23-15(12-25)9-6-10-22-19(20)21;/h12-16H,3-11H2,1-2H3,(H,23,27)(H,24,26)(H4,20,21,22);1H/t15-,16-;/m0./s1. The van der Waals surface area contributed by atoms with Gasteiger partial charge in [0.05, 0.1) is 6.04 Å². The lowest BCUT2D eigenvalue weighted by Crippen LogP contribution is -2.51. The minimum absolute atomic E-state index is 0. The van der Waals surface area contributed by atoms with Crippen molar-refractivity contribution in [3.05, 3.63) is 0 Å². The Kier molecular flexibility index (Phi) is 13.3. The number of hydrogen-bond donors (Lipinski definition) is 4. The van der Waals surface area contributed by atoms with Gasteiger partial charge >= 0.3 is 0 Å². The predicted molar refractivity (Wildman–Crippen MR) is 113 cm³/mol. The normalized spacial score (nSPS) is 16.4. The molecule has 2 atom stereocenters. The average molecular weight is 418 g/mol. The van der Waals surface area contributed by atoms with Gasteiger partial charge in [-0.25, -0.2) is 0 Å². The van der Waals surface area contributed by atoms with Crippen molar-refractivity contribution >= 4 is 36.5 Å². The molecule has 6 N–H and O–H groups in total. The molecule has 0 bridgehead atoms. The molecule has 9 heteroatoms. The number of guanidine groups is 1. The molecule has 1 aliphatic carbocycles. The van der Waals surface area contributed by atoms with Crippen molar-refractivity contribution in [2.24, 2.45) is 28.3 Å². The van der Waals surface area contributed by atoms with Crippen molar-refractivity contribution in [3.8, 4) is 0 Å². The highest BCUT2D eigenvalue weighted by atomic mass is 35.5. The number of nitrogens with two attached hydrogens (primary N) is 2. The van der Waals surface area contributed by atoms with E-state index in [1.165, 1.54) is 6.42 Å². The maximum absolute atomic E-state index is 12.7. The Morgan fingerprint density at radius 3 is 2.32 bits per heavy atom. The maximum Gasteiger partial charge on any atom is 0.243 e. The summed E-state index contributed by atoms with van der Waals surface area (Å²) in [5.41, 5.74) is 10.5. The van der Waals surface area contributed by atoms with Gasteiger partial charge in [0.1, 0.15) is 12.3 Å². The fourth-order valence-corrected chi connectivity index (χ4v) is 3.33.